The number of phenols is 1. The first-order valence-corrected chi connectivity index (χ1v) is 4.07. The van der Waals surface area contributed by atoms with Gasteiger partial charge in [-0.1, -0.05) is 0 Å². The van der Waals surface area contributed by atoms with Crippen LogP contribution in [0.15, 0.2) is 18.2 Å². The van der Waals surface area contributed by atoms with Crippen LogP contribution in [0.3, 0.4) is 0 Å². The monoisotopic (exact) mass is 177 g/mol. The van der Waals surface area contributed by atoms with Crippen LogP contribution < -0.4 is 4.74 Å². The van der Waals surface area contributed by atoms with E-state index in [-0.39, 0.29) is 5.75 Å². The first-order chi connectivity index (χ1) is 6.22. The molecule has 2 aromatic rings. The molecule has 0 radical (unpaired) electrons. The summed E-state index contributed by atoms with van der Waals surface area (Å²) in [7, 11) is 1.55. The van der Waals surface area contributed by atoms with Crippen molar-refractivity contribution in [2.24, 2.45) is 0 Å². The Morgan fingerprint density at radius 3 is 2.85 bits per heavy atom. The number of rotatable bonds is 1. The van der Waals surface area contributed by atoms with Crippen LogP contribution in [0.2, 0.25) is 0 Å². The van der Waals surface area contributed by atoms with E-state index in [1.54, 1.807) is 13.2 Å². The molecule has 68 valence electrons. The maximum Gasteiger partial charge on any atom is 0.184 e. The van der Waals surface area contributed by atoms with Gasteiger partial charge in [-0.15, -0.1) is 0 Å². The van der Waals surface area contributed by atoms with Crippen molar-refractivity contribution in [2.75, 3.05) is 7.11 Å². The van der Waals surface area contributed by atoms with E-state index in [9.17, 15) is 5.11 Å². The van der Waals surface area contributed by atoms with Crippen LogP contribution in [0.1, 0.15) is 5.69 Å². The average Bonchev–Trinajstić information content (AvgIpc) is 2.45. The molecule has 2 N–H and O–H groups in total. The van der Waals surface area contributed by atoms with Gasteiger partial charge in [0, 0.05) is 11.1 Å². The third-order valence-electron chi connectivity index (χ3n) is 2.07. The van der Waals surface area contributed by atoms with Gasteiger partial charge in [0.15, 0.2) is 11.5 Å². The van der Waals surface area contributed by atoms with Crippen molar-refractivity contribution in [1.82, 2.24) is 4.98 Å². The quantitative estimate of drug-likeness (QED) is 0.701. The number of hydrogen-bond donors (Lipinski definition) is 2. The summed E-state index contributed by atoms with van der Waals surface area (Å²) >= 11 is 0. The van der Waals surface area contributed by atoms with Crippen molar-refractivity contribution in [3.05, 3.63) is 23.9 Å². The molecule has 0 aliphatic rings. The number of methoxy groups -OCH3 is 1. The number of hydrogen-bond acceptors (Lipinski definition) is 2. The van der Waals surface area contributed by atoms with E-state index in [0.29, 0.717) is 5.75 Å². The molecule has 3 nitrogen and oxygen atoms in total. The van der Waals surface area contributed by atoms with Crippen molar-refractivity contribution in [1.29, 1.82) is 0 Å². The highest BCUT2D eigenvalue weighted by Gasteiger charge is 2.08. The SMILES string of the molecule is COc1c(O)ccc2cc(C)[nH]c12. The number of aromatic hydroxyl groups is 1. The molecule has 0 amide bonds. The van der Waals surface area contributed by atoms with Gasteiger partial charge in [-0.2, -0.15) is 0 Å². The highest BCUT2D eigenvalue weighted by Crippen LogP contribution is 2.33. The van der Waals surface area contributed by atoms with Gasteiger partial charge >= 0.3 is 0 Å². The van der Waals surface area contributed by atoms with Crippen molar-refractivity contribution >= 4 is 10.9 Å². The first-order valence-electron chi connectivity index (χ1n) is 4.07. The molecular weight excluding hydrogens is 166 g/mol. The molecule has 1 heterocycles. The number of ether oxygens (including phenoxy) is 1. The van der Waals surface area contributed by atoms with Crippen LogP contribution >= 0.6 is 0 Å². The molecule has 0 saturated heterocycles. The van der Waals surface area contributed by atoms with Gasteiger partial charge in [0.1, 0.15) is 0 Å². The lowest BCUT2D eigenvalue weighted by Gasteiger charge is -2.03. The zero-order valence-electron chi connectivity index (χ0n) is 7.59. The second kappa shape index (κ2) is 2.69. The Morgan fingerprint density at radius 1 is 1.38 bits per heavy atom. The Hall–Kier alpha value is -1.64. The van der Waals surface area contributed by atoms with E-state index in [1.807, 2.05) is 19.1 Å². The molecule has 13 heavy (non-hydrogen) atoms. The van der Waals surface area contributed by atoms with Crippen molar-refractivity contribution in [2.45, 2.75) is 6.92 Å². The lowest BCUT2D eigenvalue weighted by Crippen LogP contribution is -1.84. The van der Waals surface area contributed by atoms with Gasteiger partial charge in [0.25, 0.3) is 0 Å². The highest BCUT2D eigenvalue weighted by atomic mass is 16.5. The van der Waals surface area contributed by atoms with E-state index < -0.39 is 0 Å². The number of nitrogens with one attached hydrogen (secondary N) is 1. The highest BCUT2D eigenvalue weighted by molar-refractivity contribution is 5.88. The molecule has 0 atom stereocenters. The maximum absolute atomic E-state index is 9.47. The fourth-order valence-electron chi connectivity index (χ4n) is 1.51. The second-order valence-electron chi connectivity index (χ2n) is 3.03. The molecule has 0 aliphatic heterocycles. The number of phenolic OH excluding ortho intramolecular Hbond substituents is 1. The Bertz CT molecular complexity index is 445. The van der Waals surface area contributed by atoms with Gasteiger partial charge in [-0.3, -0.25) is 0 Å². The van der Waals surface area contributed by atoms with Crippen LogP contribution in [0.4, 0.5) is 0 Å². The number of benzene rings is 1. The van der Waals surface area contributed by atoms with Crippen LogP contribution in [0.25, 0.3) is 10.9 Å². The summed E-state index contributed by atoms with van der Waals surface area (Å²) < 4.78 is 5.09. The molecule has 0 fully saturated rings. The number of aromatic amines is 1. The van der Waals surface area contributed by atoms with Gasteiger partial charge in [0.2, 0.25) is 0 Å². The van der Waals surface area contributed by atoms with Crippen LogP contribution in [-0.4, -0.2) is 17.2 Å². The fraction of sp³-hybridized carbons (Fsp3) is 0.200. The predicted octanol–water partition coefficient (Wildman–Crippen LogP) is 2.19. The zero-order valence-corrected chi connectivity index (χ0v) is 7.59. The summed E-state index contributed by atoms with van der Waals surface area (Å²) in [4.78, 5) is 3.13. The molecule has 0 saturated carbocycles. The number of aryl methyl sites for hydroxylation is 1. The molecule has 1 aromatic heterocycles. The van der Waals surface area contributed by atoms with E-state index >= 15 is 0 Å². The second-order valence-corrected chi connectivity index (χ2v) is 3.03. The predicted molar refractivity (Wildman–Crippen MR) is 51.3 cm³/mol. The van der Waals surface area contributed by atoms with Crippen LogP contribution in [0.5, 0.6) is 11.5 Å². The van der Waals surface area contributed by atoms with Crippen LogP contribution in [-0.2, 0) is 0 Å². The standard InChI is InChI=1S/C10H11NO2/c1-6-5-7-3-4-8(12)10(13-2)9(7)11-6/h3-5,11-12H,1-2H3. The summed E-state index contributed by atoms with van der Waals surface area (Å²) in [6.45, 7) is 1.97. The summed E-state index contributed by atoms with van der Waals surface area (Å²) in [5.74, 6) is 0.669. The summed E-state index contributed by atoms with van der Waals surface area (Å²) in [5.41, 5.74) is 1.90. The van der Waals surface area contributed by atoms with E-state index in [2.05, 4.69) is 4.98 Å². The lowest BCUT2D eigenvalue weighted by atomic mass is 10.2. The number of fused-ring (bicyclic) bond motifs is 1. The minimum absolute atomic E-state index is 0.164. The lowest BCUT2D eigenvalue weighted by molar-refractivity contribution is 0.377. The first kappa shape index (κ1) is 7.98. The van der Waals surface area contributed by atoms with E-state index in [0.717, 1.165) is 16.6 Å². The summed E-state index contributed by atoms with van der Waals surface area (Å²) in [5, 5.41) is 10.5. The van der Waals surface area contributed by atoms with Gasteiger partial charge in [0.05, 0.1) is 12.6 Å². The fourth-order valence-corrected chi connectivity index (χ4v) is 1.51. The minimum Gasteiger partial charge on any atom is -0.504 e. The molecule has 0 unspecified atom stereocenters. The third-order valence-corrected chi connectivity index (χ3v) is 2.07. The average molecular weight is 177 g/mol. The number of aromatic nitrogens is 1. The smallest absolute Gasteiger partial charge is 0.184 e. The maximum atomic E-state index is 9.47. The molecular formula is C10H11NO2. The largest absolute Gasteiger partial charge is 0.504 e. The number of H-pyrrole nitrogens is 1. The van der Waals surface area contributed by atoms with Crippen molar-refractivity contribution in [3.63, 3.8) is 0 Å². The summed E-state index contributed by atoms with van der Waals surface area (Å²) in [6, 6.07) is 5.50. The van der Waals surface area contributed by atoms with Crippen LogP contribution in [0, 0.1) is 6.92 Å². The third kappa shape index (κ3) is 1.13. The minimum atomic E-state index is 0.164. The normalized spacial score (nSPS) is 10.6. The van der Waals surface area contributed by atoms with Gasteiger partial charge in [-0.05, 0) is 25.1 Å². The molecule has 0 aliphatic carbocycles. The van der Waals surface area contributed by atoms with E-state index in [1.165, 1.54) is 0 Å². The van der Waals surface area contributed by atoms with Crippen molar-refractivity contribution in [3.8, 4) is 11.5 Å². The van der Waals surface area contributed by atoms with Gasteiger partial charge < -0.3 is 14.8 Å². The molecule has 2 rings (SSSR count). The van der Waals surface area contributed by atoms with E-state index in [4.69, 9.17) is 4.74 Å². The Balaban J connectivity index is 2.82. The van der Waals surface area contributed by atoms with Crippen molar-refractivity contribution < 1.29 is 9.84 Å². The molecule has 1 aromatic carbocycles. The Kier molecular flexibility index (Phi) is 1.65. The molecule has 0 spiro atoms. The topological polar surface area (TPSA) is 45.2 Å². The molecule has 0 bridgehead atoms. The zero-order chi connectivity index (χ0) is 9.42. The summed E-state index contributed by atoms with van der Waals surface area (Å²) in [6.07, 6.45) is 0. The Labute approximate surface area is 76.0 Å². The molecule has 3 heteroatoms. The Morgan fingerprint density at radius 2 is 2.15 bits per heavy atom. The van der Waals surface area contributed by atoms with Gasteiger partial charge in [-0.25, -0.2) is 0 Å².